The highest BCUT2D eigenvalue weighted by molar-refractivity contribution is 7.52. The maximum Gasteiger partial charge on any atom is 0.459 e. The molecule has 1 aromatic carbocycles. The maximum absolute atomic E-state index is 15.7. The predicted molar refractivity (Wildman–Crippen MR) is 143 cm³/mol. The molecule has 1 aliphatic heterocycles. The SMILES string of the molecule is CNc1nc(N)nc2c1ncn2[C@@H]1O[C@H](CO[P@@](=O)(N[C@@H](C)COC(C)C)Oc2ccccc2)[C@@H](O)[C@]1(F)Cl. The van der Waals surface area contributed by atoms with Crippen molar-refractivity contribution in [3.05, 3.63) is 36.7 Å². The van der Waals surface area contributed by atoms with Crippen molar-refractivity contribution in [1.29, 1.82) is 0 Å². The van der Waals surface area contributed by atoms with Crippen molar-refractivity contribution in [1.82, 2.24) is 24.6 Å². The van der Waals surface area contributed by atoms with Gasteiger partial charge in [0, 0.05) is 13.1 Å². The van der Waals surface area contributed by atoms with Crippen LogP contribution in [-0.4, -0.2) is 74.4 Å². The summed E-state index contributed by atoms with van der Waals surface area (Å²) in [7, 11) is -2.45. The third-order valence-electron chi connectivity index (χ3n) is 5.74. The molecule has 39 heavy (non-hydrogen) atoms. The number of para-hydroxylation sites is 1. The smallest absolute Gasteiger partial charge is 0.413 e. The molecule has 5 N–H and O–H groups in total. The molecule has 4 rings (SSSR count). The van der Waals surface area contributed by atoms with E-state index in [9.17, 15) is 9.67 Å². The Labute approximate surface area is 229 Å². The molecule has 3 heterocycles. The van der Waals surface area contributed by atoms with Gasteiger partial charge in [0.1, 0.15) is 18.0 Å². The minimum atomic E-state index is -4.07. The van der Waals surface area contributed by atoms with E-state index < -0.39 is 44.0 Å². The van der Waals surface area contributed by atoms with Crippen molar-refractivity contribution in [3.8, 4) is 5.75 Å². The number of hydrogen-bond donors (Lipinski definition) is 4. The Morgan fingerprint density at radius 2 is 2.03 bits per heavy atom. The van der Waals surface area contributed by atoms with Gasteiger partial charge in [0.05, 0.1) is 25.6 Å². The van der Waals surface area contributed by atoms with Crippen molar-refractivity contribution >= 4 is 42.3 Å². The molecule has 214 valence electrons. The Bertz CT molecular complexity index is 1320. The lowest BCUT2D eigenvalue weighted by Crippen LogP contribution is -2.39. The second-order valence-corrected chi connectivity index (χ2v) is 11.5. The van der Waals surface area contributed by atoms with E-state index in [2.05, 4.69) is 25.4 Å². The molecule has 0 amide bonds. The second-order valence-electron chi connectivity index (χ2n) is 9.26. The fraction of sp³-hybridized carbons (Fsp3) is 0.522. The Morgan fingerprint density at radius 3 is 2.69 bits per heavy atom. The van der Waals surface area contributed by atoms with E-state index in [0.29, 0.717) is 11.3 Å². The number of aliphatic hydroxyl groups is 1. The van der Waals surface area contributed by atoms with Gasteiger partial charge in [-0.15, -0.1) is 0 Å². The standard InChI is InChI=1S/C23H32ClFN7O6P/c1-13(2)35-10-14(3)31-39(34,38-15-8-6-5-7-9-15)36-11-16-18(33)23(24,25)21(37-16)32-12-28-17-19(27-4)29-22(26)30-20(17)32/h5-9,12-14,16,18,21,33H,10-11H2,1-4H3,(H,31,34)(H3,26,27,29,30)/t14-,16+,18+,21+,23+,39-/m0/s1. The molecule has 0 unspecified atom stereocenters. The van der Waals surface area contributed by atoms with Crippen molar-refractivity contribution in [2.75, 3.05) is 31.3 Å². The van der Waals surface area contributed by atoms with Gasteiger partial charge >= 0.3 is 7.75 Å². The van der Waals surface area contributed by atoms with E-state index in [1.807, 2.05) is 13.8 Å². The first kappa shape index (κ1) is 29.4. The van der Waals surface area contributed by atoms with Gasteiger partial charge in [0.15, 0.2) is 23.2 Å². The zero-order valence-corrected chi connectivity index (χ0v) is 23.5. The number of halogens is 2. The number of imidazole rings is 1. The fourth-order valence-corrected chi connectivity index (χ4v) is 5.74. The van der Waals surface area contributed by atoms with Gasteiger partial charge in [0.2, 0.25) is 5.95 Å². The number of fused-ring (bicyclic) bond motifs is 1. The van der Waals surface area contributed by atoms with E-state index in [-0.39, 0.29) is 30.1 Å². The summed E-state index contributed by atoms with van der Waals surface area (Å²) < 4.78 is 53.3. The highest BCUT2D eigenvalue weighted by Gasteiger charge is 2.58. The zero-order valence-electron chi connectivity index (χ0n) is 21.8. The normalized spacial score (nSPS) is 25.6. The summed E-state index contributed by atoms with van der Waals surface area (Å²) in [6, 6.07) is 7.94. The molecule has 0 saturated carbocycles. The van der Waals surface area contributed by atoms with Crippen molar-refractivity contribution < 1.29 is 32.6 Å². The largest absolute Gasteiger partial charge is 0.459 e. The number of ether oxygens (including phenoxy) is 2. The molecule has 2 aromatic heterocycles. The molecule has 13 nitrogen and oxygen atoms in total. The average Bonchev–Trinajstić information content (AvgIpc) is 3.39. The van der Waals surface area contributed by atoms with Crippen LogP contribution in [0.25, 0.3) is 11.2 Å². The first-order valence-corrected chi connectivity index (χ1v) is 14.1. The molecular formula is C23H32ClFN7O6P. The van der Waals surface area contributed by atoms with Crippen LogP contribution in [0.3, 0.4) is 0 Å². The molecule has 1 aliphatic rings. The highest BCUT2D eigenvalue weighted by Crippen LogP contribution is 2.49. The summed E-state index contributed by atoms with van der Waals surface area (Å²) in [5, 5.41) is 13.6. The van der Waals surface area contributed by atoms with Gasteiger partial charge in [-0.25, -0.2) is 19.0 Å². The number of nitrogens with zero attached hydrogens (tertiary/aromatic N) is 4. The van der Waals surface area contributed by atoms with E-state index in [4.69, 9.17) is 35.9 Å². The third-order valence-corrected chi connectivity index (χ3v) is 7.85. The number of hydrogen-bond acceptors (Lipinski definition) is 11. The lowest BCUT2D eigenvalue weighted by Gasteiger charge is -2.25. The summed E-state index contributed by atoms with van der Waals surface area (Å²) in [4.78, 5) is 12.4. The second kappa shape index (κ2) is 11.9. The van der Waals surface area contributed by atoms with Crippen LogP contribution in [0.5, 0.6) is 5.75 Å². The fourth-order valence-electron chi connectivity index (χ4n) is 3.91. The number of benzene rings is 1. The number of nitrogens with two attached hydrogens (primary N) is 1. The molecule has 6 atom stereocenters. The van der Waals surface area contributed by atoms with Crippen LogP contribution in [0, 0.1) is 0 Å². The van der Waals surface area contributed by atoms with Crippen LogP contribution in [0.2, 0.25) is 0 Å². The number of anilines is 2. The van der Waals surface area contributed by atoms with Crippen LogP contribution in [0.1, 0.15) is 27.0 Å². The molecular weight excluding hydrogens is 556 g/mol. The van der Waals surface area contributed by atoms with Gasteiger partial charge in [0.25, 0.3) is 5.13 Å². The van der Waals surface area contributed by atoms with Gasteiger partial charge in [-0.3, -0.25) is 9.09 Å². The van der Waals surface area contributed by atoms with Gasteiger partial charge in [-0.2, -0.15) is 9.97 Å². The van der Waals surface area contributed by atoms with E-state index in [1.165, 1.54) is 10.9 Å². The van der Waals surface area contributed by atoms with Crippen LogP contribution < -0.4 is 20.7 Å². The van der Waals surface area contributed by atoms with E-state index >= 15 is 4.39 Å². The predicted octanol–water partition coefficient (Wildman–Crippen LogP) is 3.22. The van der Waals surface area contributed by atoms with Gasteiger partial charge in [-0.1, -0.05) is 29.8 Å². The van der Waals surface area contributed by atoms with Crippen molar-refractivity contribution in [3.63, 3.8) is 0 Å². The molecule has 0 bridgehead atoms. The Balaban J connectivity index is 1.54. The van der Waals surface area contributed by atoms with Crippen LogP contribution in [0.15, 0.2) is 36.7 Å². The highest BCUT2D eigenvalue weighted by atomic mass is 35.5. The van der Waals surface area contributed by atoms with E-state index in [1.54, 1.807) is 44.3 Å². The number of aliphatic hydroxyl groups excluding tert-OH is 1. The summed E-state index contributed by atoms with van der Waals surface area (Å²) in [5.74, 6) is 0.497. The summed E-state index contributed by atoms with van der Waals surface area (Å²) in [6.45, 7) is 5.17. The maximum atomic E-state index is 15.7. The number of nitrogen functional groups attached to an aromatic ring is 1. The summed E-state index contributed by atoms with van der Waals surface area (Å²) in [5.41, 5.74) is 6.21. The molecule has 0 spiro atoms. The molecule has 1 saturated heterocycles. The van der Waals surface area contributed by atoms with Crippen LogP contribution in [0.4, 0.5) is 16.2 Å². The quantitative estimate of drug-likeness (QED) is 0.181. The Morgan fingerprint density at radius 1 is 1.31 bits per heavy atom. The lowest BCUT2D eigenvalue weighted by atomic mass is 10.1. The molecule has 0 radical (unpaired) electrons. The number of nitrogens with one attached hydrogen (secondary N) is 2. The topological polar surface area (TPSA) is 168 Å². The number of aromatic nitrogens is 4. The van der Waals surface area contributed by atoms with E-state index in [0.717, 1.165) is 0 Å². The molecule has 0 aliphatic carbocycles. The zero-order chi connectivity index (χ0) is 28.4. The van der Waals surface area contributed by atoms with Crippen molar-refractivity contribution in [2.24, 2.45) is 0 Å². The Kier molecular flexibility index (Phi) is 8.96. The number of alkyl halides is 2. The van der Waals surface area contributed by atoms with Crippen LogP contribution >= 0.6 is 19.3 Å². The molecule has 3 aromatic rings. The monoisotopic (exact) mass is 587 g/mol. The average molecular weight is 588 g/mol. The first-order valence-electron chi connectivity index (χ1n) is 12.2. The summed E-state index contributed by atoms with van der Waals surface area (Å²) in [6.07, 6.45) is -3.59. The Hall–Kier alpha value is -2.58. The minimum absolute atomic E-state index is 0.0472. The van der Waals surface area contributed by atoms with Crippen molar-refractivity contribution in [2.45, 2.75) is 56.5 Å². The minimum Gasteiger partial charge on any atom is -0.413 e. The molecule has 16 heteroatoms. The van der Waals surface area contributed by atoms with Crippen LogP contribution in [-0.2, 0) is 18.6 Å². The molecule has 1 fully saturated rings. The number of rotatable bonds is 12. The van der Waals surface area contributed by atoms with Gasteiger partial charge in [-0.05, 0) is 32.9 Å². The summed E-state index contributed by atoms with van der Waals surface area (Å²) >= 11 is 6.15. The third kappa shape index (κ3) is 6.60. The first-order chi connectivity index (χ1) is 18.4. The van der Waals surface area contributed by atoms with Gasteiger partial charge < -0.3 is 30.2 Å². The lowest BCUT2D eigenvalue weighted by molar-refractivity contribution is -0.0454.